The zero-order valence-corrected chi connectivity index (χ0v) is 11.1. The number of likely N-dealkylation sites (N-methyl/N-ethyl adjacent to an activating group) is 1. The zero-order chi connectivity index (χ0) is 11.5. The fourth-order valence-corrected chi connectivity index (χ4v) is 2.44. The van der Waals surface area contributed by atoms with Crippen molar-refractivity contribution in [3.8, 4) is 0 Å². The molecular weight excluding hydrogens is 198 g/mol. The molecule has 3 heteroatoms. The second-order valence-corrected chi connectivity index (χ2v) is 5.69. The summed E-state index contributed by atoms with van der Waals surface area (Å²) in [6, 6.07) is 2.31. The van der Waals surface area contributed by atoms with E-state index in [0.29, 0.717) is 6.04 Å². The molecule has 2 aliphatic rings. The third-order valence-electron chi connectivity index (χ3n) is 4.19. The fourth-order valence-electron chi connectivity index (χ4n) is 2.44. The first-order chi connectivity index (χ1) is 7.66. The highest BCUT2D eigenvalue weighted by Crippen LogP contribution is 2.19. The van der Waals surface area contributed by atoms with E-state index in [-0.39, 0.29) is 0 Å². The highest BCUT2D eigenvalue weighted by Gasteiger charge is 2.25. The molecule has 1 aliphatic heterocycles. The summed E-state index contributed by atoms with van der Waals surface area (Å²) in [7, 11) is 2.24. The van der Waals surface area contributed by atoms with Crippen LogP contribution in [0.2, 0.25) is 0 Å². The topological polar surface area (TPSA) is 18.5 Å². The van der Waals surface area contributed by atoms with Gasteiger partial charge in [0.1, 0.15) is 0 Å². The quantitative estimate of drug-likeness (QED) is 0.757. The molecule has 0 aromatic rings. The SMILES string of the molecule is CC1CN(C(C)CCNC2CC2)CCN1C. The van der Waals surface area contributed by atoms with Gasteiger partial charge in [0.2, 0.25) is 0 Å². The number of nitrogens with one attached hydrogen (secondary N) is 1. The lowest BCUT2D eigenvalue weighted by Gasteiger charge is -2.40. The maximum absolute atomic E-state index is 3.61. The van der Waals surface area contributed by atoms with E-state index >= 15 is 0 Å². The molecule has 1 N–H and O–H groups in total. The summed E-state index contributed by atoms with van der Waals surface area (Å²) in [6.07, 6.45) is 4.10. The van der Waals surface area contributed by atoms with Gasteiger partial charge in [-0.05, 0) is 46.7 Å². The second kappa shape index (κ2) is 5.48. The maximum Gasteiger partial charge on any atom is 0.0192 e. The zero-order valence-electron chi connectivity index (χ0n) is 11.1. The van der Waals surface area contributed by atoms with Gasteiger partial charge in [-0.1, -0.05) is 0 Å². The molecule has 2 fully saturated rings. The summed E-state index contributed by atoms with van der Waals surface area (Å²) >= 11 is 0. The molecule has 16 heavy (non-hydrogen) atoms. The van der Waals surface area contributed by atoms with Crippen molar-refractivity contribution in [2.45, 2.75) is 51.2 Å². The Bertz CT molecular complexity index is 215. The lowest BCUT2D eigenvalue weighted by atomic mass is 10.1. The minimum atomic E-state index is 0.715. The normalized spacial score (nSPS) is 30.6. The van der Waals surface area contributed by atoms with Crippen LogP contribution in [0.15, 0.2) is 0 Å². The second-order valence-electron chi connectivity index (χ2n) is 5.69. The Balaban J connectivity index is 1.65. The van der Waals surface area contributed by atoms with Crippen LogP contribution in [-0.2, 0) is 0 Å². The molecule has 1 saturated heterocycles. The van der Waals surface area contributed by atoms with Crippen molar-refractivity contribution in [2.75, 3.05) is 33.2 Å². The van der Waals surface area contributed by atoms with Crippen molar-refractivity contribution < 1.29 is 0 Å². The Labute approximate surface area is 100 Å². The van der Waals surface area contributed by atoms with Crippen LogP contribution in [0.4, 0.5) is 0 Å². The van der Waals surface area contributed by atoms with E-state index in [1.807, 2.05) is 0 Å². The molecule has 0 bridgehead atoms. The molecule has 2 atom stereocenters. The van der Waals surface area contributed by atoms with Gasteiger partial charge in [0.25, 0.3) is 0 Å². The average molecular weight is 225 g/mol. The molecule has 0 spiro atoms. The first-order valence-electron chi connectivity index (χ1n) is 6.84. The summed E-state index contributed by atoms with van der Waals surface area (Å²) in [5.41, 5.74) is 0. The van der Waals surface area contributed by atoms with Crippen LogP contribution in [0.1, 0.15) is 33.1 Å². The van der Waals surface area contributed by atoms with Crippen LogP contribution >= 0.6 is 0 Å². The lowest BCUT2D eigenvalue weighted by Crippen LogP contribution is -2.53. The highest BCUT2D eigenvalue weighted by atomic mass is 15.3. The van der Waals surface area contributed by atoms with Crippen molar-refractivity contribution in [3.63, 3.8) is 0 Å². The van der Waals surface area contributed by atoms with Gasteiger partial charge in [-0.2, -0.15) is 0 Å². The van der Waals surface area contributed by atoms with E-state index in [1.165, 1.54) is 45.4 Å². The van der Waals surface area contributed by atoms with Crippen LogP contribution in [0.5, 0.6) is 0 Å². The van der Waals surface area contributed by atoms with Crippen LogP contribution in [0, 0.1) is 0 Å². The van der Waals surface area contributed by atoms with Gasteiger partial charge >= 0.3 is 0 Å². The molecule has 0 amide bonds. The van der Waals surface area contributed by atoms with Crippen LogP contribution in [0.25, 0.3) is 0 Å². The summed E-state index contributed by atoms with van der Waals surface area (Å²) < 4.78 is 0. The predicted molar refractivity (Wildman–Crippen MR) is 68.8 cm³/mol. The van der Waals surface area contributed by atoms with Gasteiger partial charge in [0, 0.05) is 37.8 Å². The minimum absolute atomic E-state index is 0.715. The first-order valence-corrected chi connectivity index (χ1v) is 6.84. The van der Waals surface area contributed by atoms with Crippen molar-refractivity contribution in [2.24, 2.45) is 0 Å². The number of hydrogen-bond acceptors (Lipinski definition) is 3. The third-order valence-corrected chi connectivity index (χ3v) is 4.19. The van der Waals surface area contributed by atoms with Gasteiger partial charge in [0.05, 0.1) is 0 Å². The molecule has 2 rings (SSSR count). The van der Waals surface area contributed by atoms with Gasteiger partial charge in [-0.15, -0.1) is 0 Å². The average Bonchev–Trinajstić information content (AvgIpc) is 3.06. The molecule has 1 heterocycles. The number of rotatable bonds is 5. The largest absolute Gasteiger partial charge is 0.314 e. The Kier molecular flexibility index (Phi) is 4.22. The standard InChI is InChI=1S/C13H27N3/c1-11(6-7-14-13-4-5-13)16-9-8-15(3)12(2)10-16/h11-14H,4-10H2,1-3H3. The Morgan fingerprint density at radius 2 is 2.06 bits per heavy atom. The highest BCUT2D eigenvalue weighted by molar-refractivity contribution is 4.83. The van der Waals surface area contributed by atoms with E-state index in [2.05, 4.69) is 36.0 Å². The monoisotopic (exact) mass is 225 g/mol. The maximum atomic E-state index is 3.61. The number of piperazine rings is 1. The van der Waals surface area contributed by atoms with Crippen LogP contribution in [0.3, 0.4) is 0 Å². The molecule has 1 saturated carbocycles. The molecule has 1 aliphatic carbocycles. The van der Waals surface area contributed by atoms with E-state index in [1.54, 1.807) is 0 Å². The molecular formula is C13H27N3. The van der Waals surface area contributed by atoms with Gasteiger partial charge < -0.3 is 10.2 Å². The van der Waals surface area contributed by atoms with E-state index in [9.17, 15) is 0 Å². The summed E-state index contributed by atoms with van der Waals surface area (Å²) in [5.74, 6) is 0. The first kappa shape index (κ1) is 12.3. The molecule has 3 nitrogen and oxygen atoms in total. The molecule has 0 aromatic carbocycles. The van der Waals surface area contributed by atoms with Gasteiger partial charge in [-0.25, -0.2) is 0 Å². The number of nitrogens with zero attached hydrogens (tertiary/aromatic N) is 2. The van der Waals surface area contributed by atoms with Crippen molar-refractivity contribution in [1.82, 2.24) is 15.1 Å². The van der Waals surface area contributed by atoms with Crippen molar-refractivity contribution in [3.05, 3.63) is 0 Å². The molecule has 0 radical (unpaired) electrons. The van der Waals surface area contributed by atoms with E-state index in [0.717, 1.165) is 12.1 Å². The molecule has 0 aromatic heterocycles. The van der Waals surface area contributed by atoms with Gasteiger partial charge in [-0.3, -0.25) is 4.90 Å². The van der Waals surface area contributed by atoms with Crippen LogP contribution in [-0.4, -0.2) is 61.2 Å². The minimum Gasteiger partial charge on any atom is -0.314 e. The Hall–Kier alpha value is -0.120. The van der Waals surface area contributed by atoms with Crippen molar-refractivity contribution in [1.29, 1.82) is 0 Å². The number of hydrogen-bond donors (Lipinski definition) is 1. The molecule has 94 valence electrons. The van der Waals surface area contributed by atoms with E-state index in [4.69, 9.17) is 0 Å². The summed E-state index contributed by atoms with van der Waals surface area (Å²) in [5, 5.41) is 3.61. The Morgan fingerprint density at radius 3 is 2.69 bits per heavy atom. The van der Waals surface area contributed by atoms with Crippen molar-refractivity contribution >= 4 is 0 Å². The molecule has 2 unspecified atom stereocenters. The smallest absolute Gasteiger partial charge is 0.0192 e. The van der Waals surface area contributed by atoms with E-state index < -0.39 is 0 Å². The third kappa shape index (κ3) is 3.44. The lowest BCUT2D eigenvalue weighted by molar-refractivity contribution is 0.0747. The fraction of sp³-hybridized carbons (Fsp3) is 1.00. The van der Waals surface area contributed by atoms with Gasteiger partial charge in [0.15, 0.2) is 0 Å². The summed E-state index contributed by atoms with van der Waals surface area (Å²) in [4.78, 5) is 5.12. The summed E-state index contributed by atoms with van der Waals surface area (Å²) in [6.45, 7) is 9.62. The predicted octanol–water partition coefficient (Wildman–Crippen LogP) is 1.15. The Morgan fingerprint density at radius 1 is 1.31 bits per heavy atom. The van der Waals surface area contributed by atoms with Crippen LogP contribution < -0.4 is 5.32 Å².